The average molecular weight is 507 g/mol. The lowest BCUT2D eigenvalue weighted by molar-refractivity contribution is 0.0697. The molecule has 7 rings (SSSR count). The summed E-state index contributed by atoms with van der Waals surface area (Å²) in [5.41, 5.74) is 5.37. The first-order valence-corrected chi connectivity index (χ1v) is 12.1. The number of benzene rings is 4. The summed E-state index contributed by atoms with van der Waals surface area (Å²) in [6.45, 7) is 4.12. The lowest BCUT2D eigenvalue weighted by Crippen LogP contribution is -1.96. The fourth-order valence-corrected chi connectivity index (χ4v) is 5.43. The van der Waals surface area contributed by atoms with Crippen LogP contribution < -0.4 is 0 Å². The number of carbonyl (C=O) groups is 1. The summed E-state index contributed by atoms with van der Waals surface area (Å²) in [4.78, 5) is 19.9. The maximum atomic E-state index is 11.5. The van der Waals surface area contributed by atoms with Crippen LogP contribution in [0.4, 0.5) is 0 Å². The van der Waals surface area contributed by atoms with Crippen molar-refractivity contribution in [2.75, 3.05) is 0 Å². The van der Waals surface area contributed by atoms with E-state index in [1.165, 1.54) is 17.7 Å². The van der Waals surface area contributed by atoms with Crippen LogP contribution in [0.5, 0.6) is 0 Å². The molecular weight excluding hydrogens is 488 g/mol. The zero-order valence-electron chi connectivity index (χ0n) is 19.8. The molecule has 0 spiro atoms. The summed E-state index contributed by atoms with van der Waals surface area (Å²) in [6.07, 6.45) is 1.77. The normalized spacial score (nSPS) is 11.9. The molecule has 2 N–H and O–H groups in total. The highest BCUT2D eigenvalue weighted by Crippen LogP contribution is 2.42. The van der Waals surface area contributed by atoms with Crippen molar-refractivity contribution in [1.29, 1.82) is 0 Å². The molecule has 6 nitrogen and oxygen atoms in total. The maximum Gasteiger partial charge on any atom is 0.335 e. The van der Waals surface area contributed by atoms with E-state index >= 15 is 0 Å². The van der Waals surface area contributed by atoms with Gasteiger partial charge < -0.3 is 18.9 Å². The second-order valence-corrected chi connectivity index (χ2v) is 9.66. The number of nitrogens with one attached hydrogen (secondary N) is 1. The third-order valence-corrected chi connectivity index (χ3v) is 7.34. The fraction of sp³-hybridized carbons (Fsp3) is 0.0667. The zero-order valence-corrected chi connectivity index (χ0v) is 20.6. The van der Waals surface area contributed by atoms with Crippen molar-refractivity contribution >= 4 is 61.1 Å². The number of aromatic carboxylic acids is 1. The molecule has 3 aromatic heterocycles. The smallest absolute Gasteiger partial charge is 0.335 e. The Bertz CT molecular complexity index is 2060. The van der Waals surface area contributed by atoms with Crippen LogP contribution in [0.25, 0.3) is 66.5 Å². The summed E-state index contributed by atoms with van der Waals surface area (Å²) in [5, 5.41) is 15.1. The number of hydrogen-bond acceptors (Lipinski definition) is 4. The van der Waals surface area contributed by atoms with Gasteiger partial charge in [0.2, 0.25) is 0 Å². The van der Waals surface area contributed by atoms with Gasteiger partial charge in [-0.2, -0.15) is 0 Å². The Morgan fingerprint density at radius 2 is 1.73 bits per heavy atom. The highest BCUT2D eigenvalue weighted by atomic mass is 35.5. The quantitative estimate of drug-likeness (QED) is 0.234. The number of halogens is 1. The Morgan fingerprint density at radius 1 is 0.919 bits per heavy atom. The van der Waals surface area contributed by atoms with Gasteiger partial charge in [-0.25, -0.2) is 9.78 Å². The number of carboxylic acids is 1. The molecule has 37 heavy (non-hydrogen) atoms. The molecule has 0 saturated carbocycles. The molecule has 0 aliphatic heterocycles. The number of imidazole rings is 1. The van der Waals surface area contributed by atoms with Crippen molar-refractivity contribution in [2.45, 2.75) is 13.8 Å². The Hall–Kier alpha value is -4.55. The highest BCUT2D eigenvalue weighted by molar-refractivity contribution is 6.33. The lowest BCUT2D eigenvalue weighted by Gasteiger charge is -2.08. The minimum absolute atomic E-state index is 0.132. The van der Waals surface area contributed by atoms with Crippen LogP contribution >= 0.6 is 11.6 Å². The lowest BCUT2D eigenvalue weighted by atomic mass is 9.96. The van der Waals surface area contributed by atoms with E-state index in [2.05, 4.69) is 42.2 Å². The molecule has 180 valence electrons. The van der Waals surface area contributed by atoms with Crippen molar-refractivity contribution in [1.82, 2.24) is 9.97 Å². The van der Waals surface area contributed by atoms with Crippen molar-refractivity contribution in [3.05, 3.63) is 88.6 Å². The molecule has 0 amide bonds. The molecule has 0 bridgehead atoms. The van der Waals surface area contributed by atoms with Crippen LogP contribution in [0.1, 0.15) is 21.5 Å². The van der Waals surface area contributed by atoms with Gasteiger partial charge in [-0.3, -0.25) is 0 Å². The largest absolute Gasteiger partial charge is 0.478 e. The average Bonchev–Trinajstić information content (AvgIpc) is 3.62. The van der Waals surface area contributed by atoms with Crippen molar-refractivity contribution in [2.24, 2.45) is 0 Å². The molecule has 4 aromatic carbocycles. The number of nitrogens with zero attached hydrogens (tertiary/aromatic N) is 1. The number of aryl methyl sites for hydroxylation is 2. The standard InChI is InChI=1S/C30H19ClN2O4/c1-14-4-3-5-18-17(14)7-8-19-25(18)27-26(24-15(2)13-36-28(19)24)32-29(33-27)23-11-10-22(37-23)20-12-16(30(34)35)6-9-21(20)31/h3-13H,1-2H3,(H,32,33)(H,34,35). The molecule has 0 aliphatic carbocycles. The van der Waals surface area contributed by atoms with Crippen molar-refractivity contribution in [3.63, 3.8) is 0 Å². The van der Waals surface area contributed by atoms with Gasteiger partial charge in [0, 0.05) is 21.7 Å². The molecular formula is C30H19ClN2O4. The maximum absolute atomic E-state index is 11.5. The Labute approximate surface area is 215 Å². The number of rotatable bonds is 3. The summed E-state index contributed by atoms with van der Waals surface area (Å²) in [5.74, 6) is 0.502. The van der Waals surface area contributed by atoms with Gasteiger partial charge >= 0.3 is 5.97 Å². The van der Waals surface area contributed by atoms with Crippen molar-refractivity contribution < 1.29 is 18.7 Å². The number of hydrogen-bond donors (Lipinski definition) is 2. The molecule has 0 radical (unpaired) electrons. The summed E-state index contributed by atoms with van der Waals surface area (Å²) >= 11 is 6.37. The summed E-state index contributed by atoms with van der Waals surface area (Å²) in [6, 6.07) is 18.6. The number of furan rings is 2. The number of H-pyrrole nitrogens is 1. The van der Waals surface area contributed by atoms with E-state index in [1.54, 1.807) is 24.5 Å². The number of carboxylic acid groups (broad SMARTS) is 1. The molecule has 0 aliphatic rings. The predicted molar refractivity (Wildman–Crippen MR) is 145 cm³/mol. The fourth-order valence-electron chi connectivity index (χ4n) is 5.22. The van der Waals surface area contributed by atoms with Crippen LogP contribution in [-0.2, 0) is 0 Å². The first kappa shape index (κ1) is 21.7. The van der Waals surface area contributed by atoms with Crippen LogP contribution in [-0.4, -0.2) is 21.0 Å². The zero-order chi connectivity index (χ0) is 25.4. The molecule has 0 saturated heterocycles. The van der Waals surface area contributed by atoms with Gasteiger partial charge in [-0.1, -0.05) is 35.9 Å². The van der Waals surface area contributed by atoms with E-state index in [4.69, 9.17) is 25.4 Å². The molecule has 0 fully saturated rings. The van der Waals surface area contributed by atoms with E-state index < -0.39 is 5.97 Å². The van der Waals surface area contributed by atoms with Gasteiger partial charge in [0.15, 0.2) is 11.6 Å². The molecule has 7 aromatic rings. The minimum atomic E-state index is -1.03. The minimum Gasteiger partial charge on any atom is -0.478 e. The summed E-state index contributed by atoms with van der Waals surface area (Å²) in [7, 11) is 0. The monoisotopic (exact) mass is 506 g/mol. The SMILES string of the molecule is Cc1cccc2c1ccc1c3occ(C)c3c3[nH]c(-c4ccc(-c5cc(C(=O)O)ccc5Cl)o4)nc3c21. The van der Waals surface area contributed by atoms with Gasteiger partial charge in [0.25, 0.3) is 0 Å². The van der Waals surface area contributed by atoms with Gasteiger partial charge in [0.1, 0.15) is 11.3 Å². The van der Waals surface area contributed by atoms with Gasteiger partial charge in [-0.05, 0) is 72.1 Å². The van der Waals surface area contributed by atoms with Crippen LogP contribution in [0.3, 0.4) is 0 Å². The molecule has 7 heteroatoms. The van der Waals surface area contributed by atoms with Gasteiger partial charge in [-0.15, -0.1) is 0 Å². The topological polar surface area (TPSA) is 92.3 Å². The number of aromatic amines is 1. The van der Waals surface area contributed by atoms with Crippen molar-refractivity contribution in [3.8, 4) is 22.9 Å². The van der Waals surface area contributed by atoms with E-state index in [1.807, 2.05) is 6.92 Å². The van der Waals surface area contributed by atoms with Crippen LogP contribution in [0.2, 0.25) is 5.02 Å². The Morgan fingerprint density at radius 3 is 2.57 bits per heavy atom. The van der Waals surface area contributed by atoms with E-state index in [0.717, 1.165) is 49.1 Å². The highest BCUT2D eigenvalue weighted by Gasteiger charge is 2.21. The van der Waals surface area contributed by atoms with E-state index in [9.17, 15) is 9.90 Å². The Balaban J connectivity index is 1.50. The first-order valence-electron chi connectivity index (χ1n) is 11.8. The number of aromatic nitrogens is 2. The van der Waals surface area contributed by atoms with E-state index in [0.29, 0.717) is 27.9 Å². The van der Waals surface area contributed by atoms with Gasteiger partial charge in [0.05, 0.1) is 27.9 Å². The molecule has 3 heterocycles. The van der Waals surface area contributed by atoms with Crippen LogP contribution in [0, 0.1) is 13.8 Å². The molecule has 0 unspecified atom stereocenters. The Kier molecular flexibility index (Phi) is 4.53. The second kappa shape index (κ2) is 7.72. The third kappa shape index (κ3) is 3.12. The third-order valence-electron chi connectivity index (χ3n) is 7.01. The molecule has 0 atom stereocenters. The van der Waals surface area contributed by atoms with Crippen LogP contribution in [0.15, 0.2) is 75.8 Å². The predicted octanol–water partition coefficient (Wildman–Crippen LogP) is 8.51. The second-order valence-electron chi connectivity index (χ2n) is 9.25. The number of fused-ring (bicyclic) bond motifs is 8. The summed E-state index contributed by atoms with van der Waals surface area (Å²) < 4.78 is 12.2. The first-order chi connectivity index (χ1) is 17.9. The van der Waals surface area contributed by atoms with E-state index in [-0.39, 0.29) is 5.56 Å².